The fourth-order valence-electron chi connectivity index (χ4n) is 6.84. The number of imidazole rings is 2. The highest BCUT2D eigenvalue weighted by Crippen LogP contribution is 2.32. The fraction of sp³-hybridized carbons (Fsp3) is 0.405. The summed E-state index contributed by atoms with van der Waals surface area (Å²) in [6.45, 7) is 9.52. The summed E-state index contributed by atoms with van der Waals surface area (Å²) in [5.74, 6) is 1.08. The maximum atomic E-state index is 13.5. The molecule has 2 aromatic carbocycles. The van der Waals surface area contributed by atoms with Crippen molar-refractivity contribution in [2.45, 2.75) is 66.1 Å². The number of aromatic nitrogens is 6. The quantitative estimate of drug-likeness (QED) is 0.0913. The second kappa shape index (κ2) is 15.7. The predicted molar refractivity (Wildman–Crippen MR) is 198 cm³/mol. The van der Waals surface area contributed by atoms with E-state index in [1.807, 2.05) is 42.1 Å². The van der Waals surface area contributed by atoms with Crippen LogP contribution in [0, 0.1) is 19.8 Å². The van der Waals surface area contributed by atoms with Gasteiger partial charge in [0.25, 0.3) is 5.91 Å². The van der Waals surface area contributed by atoms with Crippen molar-refractivity contribution in [2.24, 2.45) is 17.4 Å². The van der Waals surface area contributed by atoms with E-state index >= 15 is 0 Å². The summed E-state index contributed by atoms with van der Waals surface area (Å²) in [4.78, 5) is 47.2. The van der Waals surface area contributed by atoms with Crippen LogP contribution in [0.15, 0.2) is 42.5 Å². The first kappa shape index (κ1) is 36.1. The standard InChI is InChI=1S/C37H46N10O5/c1-5-47-29(17-22(2)44-47)36(50)43-37-42-28-19-25(34(38)48)20-30(51-4)32(28)46(37)15-7-6-14-45-23(3)41-27-18-26(35(39)49)21-31(33(27)45)52-16-8-9-24-10-12-40-13-11-24/h6-7,17-21,24,40H,5,8-16H2,1-4H3,(H2,38,48)(H2,39,49)(H,42,43,50)/b7-6+. The van der Waals surface area contributed by atoms with Crippen LogP contribution >= 0.6 is 0 Å². The zero-order chi connectivity index (χ0) is 36.9. The topological polar surface area (TPSA) is 199 Å². The Morgan fingerprint density at radius 1 is 0.923 bits per heavy atom. The molecule has 1 saturated heterocycles. The van der Waals surface area contributed by atoms with Gasteiger partial charge in [0.2, 0.25) is 17.8 Å². The number of nitrogens with one attached hydrogen (secondary N) is 2. The molecule has 1 aliphatic heterocycles. The lowest BCUT2D eigenvalue weighted by molar-refractivity contribution is 0.0991. The molecule has 6 rings (SSSR count). The van der Waals surface area contributed by atoms with Crippen molar-refractivity contribution in [1.29, 1.82) is 0 Å². The number of ether oxygens (including phenoxy) is 2. The number of aryl methyl sites for hydroxylation is 3. The minimum absolute atomic E-state index is 0.230. The molecule has 6 N–H and O–H groups in total. The molecule has 0 unspecified atom stereocenters. The summed E-state index contributed by atoms with van der Waals surface area (Å²) >= 11 is 0. The zero-order valence-electron chi connectivity index (χ0n) is 30.1. The summed E-state index contributed by atoms with van der Waals surface area (Å²) in [5, 5.41) is 10.7. The van der Waals surface area contributed by atoms with Crippen LogP contribution in [0.3, 0.4) is 0 Å². The Morgan fingerprint density at radius 2 is 1.56 bits per heavy atom. The van der Waals surface area contributed by atoms with E-state index in [0.717, 1.165) is 43.0 Å². The number of nitrogens with zero attached hydrogens (tertiary/aromatic N) is 6. The molecule has 0 atom stereocenters. The van der Waals surface area contributed by atoms with Gasteiger partial charge in [-0.25, -0.2) is 9.97 Å². The van der Waals surface area contributed by atoms with E-state index in [1.165, 1.54) is 20.0 Å². The molecule has 3 aromatic heterocycles. The Bertz CT molecular complexity index is 2150. The van der Waals surface area contributed by atoms with Crippen LogP contribution in [0.1, 0.15) is 75.3 Å². The first-order chi connectivity index (χ1) is 25.1. The van der Waals surface area contributed by atoms with Crippen LogP contribution in [-0.4, -0.2) is 73.4 Å². The van der Waals surface area contributed by atoms with Gasteiger partial charge < -0.3 is 35.4 Å². The molecule has 0 aliphatic carbocycles. The van der Waals surface area contributed by atoms with Gasteiger partial charge in [0.05, 0.1) is 30.4 Å². The number of methoxy groups -OCH3 is 1. The van der Waals surface area contributed by atoms with Crippen LogP contribution in [0.5, 0.6) is 11.5 Å². The average Bonchev–Trinajstić information content (AvgIpc) is 3.79. The number of carbonyl (C=O) groups is 3. The predicted octanol–water partition coefficient (Wildman–Crippen LogP) is 4.09. The molecule has 5 aromatic rings. The largest absolute Gasteiger partial charge is 0.494 e. The Balaban J connectivity index is 1.28. The minimum atomic E-state index is -0.626. The van der Waals surface area contributed by atoms with Crippen molar-refractivity contribution in [3.8, 4) is 11.5 Å². The smallest absolute Gasteiger partial charge is 0.276 e. The van der Waals surface area contributed by atoms with Gasteiger partial charge in [-0.1, -0.05) is 12.2 Å². The monoisotopic (exact) mass is 710 g/mol. The summed E-state index contributed by atoms with van der Waals surface area (Å²) in [7, 11) is 1.50. The van der Waals surface area contributed by atoms with Crippen LogP contribution in [0.4, 0.5) is 5.95 Å². The summed E-state index contributed by atoms with van der Waals surface area (Å²) in [6, 6.07) is 8.24. The molecule has 52 heavy (non-hydrogen) atoms. The Kier molecular flexibility index (Phi) is 10.9. The van der Waals surface area contributed by atoms with Gasteiger partial charge in [-0.15, -0.1) is 0 Å². The number of nitrogens with two attached hydrogens (primary N) is 2. The van der Waals surface area contributed by atoms with Gasteiger partial charge in [0.15, 0.2) is 0 Å². The lowest BCUT2D eigenvalue weighted by atomic mass is 9.93. The minimum Gasteiger partial charge on any atom is -0.494 e. The lowest BCUT2D eigenvalue weighted by Gasteiger charge is -2.22. The molecule has 1 aliphatic rings. The van der Waals surface area contributed by atoms with Crippen molar-refractivity contribution in [3.05, 3.63) is 70.8 Å². The number of hydrogen-bond donors (Lipinski definition) is 4. The maximum absolute atomic E-state index is 13.5. The van der Waals surface area contributed by atoms with E-state index in [0.29, 0.717) is 71.5 Å². The maximum Gasteiger partial charge on any atom is 0.276 e. The third-order valence-electron chi connectivity index (χ3n) is 9.47. The third-order valence-corrected chi connectivity index (χ3v) is 9.47. The van der Waals surface area contributed by atoms with Crippen LogP contribution in [0.2, 0.25) is 0 Å². The summed E-state index contributed by atoms with van der Waals surface area (Å²) < 4.78 is 17.4. The molecule has 0 spiro atoms. The van der Waals surface area contributed by atoms with E-state index in [4.69, 9.17) is 25.9 Å². The normalized spacial score (nSPS) is 13.7. The first-order valence-electron chi connectivity index (χ1n) is 17.6. The SMILES string of the molecule is CCn1nc(C)cc1C(=O)Nc1nc2cc(C(N)=O)cc(OC)c2n1C/C=C/Cn1c(C)nc2cc(C(N)=O)cc(OCCCC3CCNCC3)c21. The van der Waals surface area contributed by atoms with Crippen molar-refractivity contribution >= 4 is 45.7 Å². The zero-order valence-corrected chi connectivity index (χ0v) is 30.1. The number of hydrogen-bond acceptors (Lipinski definition) is 9. The number of benzene rings is 2. The number of fused-ring (bicyclic) bond motifs is 2. The molecule has 15 heteroatoms. The molecular formula is C37H46N10O5. The number of rotatable bonds is 15. The molecule has 0 bridgehead atoms. The number of anilines is 1. The summed E-state index contributed by atoms with van der Waals surface area (Å²) in [6.07, 6.45) is 8.27. The number of piperidine rings is 1. The Labute approximate surface area is 301 Å². The van der Waals surface area contributed by atoms with Crippen LogP contribution in [0.25, 0.3) is 22.1 Å². The van der Waals surface area contributed by atoms with E-state index in [9.17, 15) is 14.4 Å². The first-order valence-corrected chi connectivity index (χ1v) is 17.6. The molecule has 1 fully saturated rings. The highest BCUT2D eigenvalue weighted by atomic mass is 16.5. The summed E-state index contributed by atoms with van der Waals surface area (Å²) in [5.41, 5.74) is 15.4. The van der Waals surface area contributed by atoms with Gasteiger partial charge in [-0.3, -0.25) is 24.4 Å². The van der Waals surface area contributed by atoms with E-state index in [1.54, 1.807) is 35.0 Å². The van der Waals surface area contributed by atoms with E-state index < -0.39 is 11.8 Å². The van der Waals surface area contributed by atoms with Crippen LogP contribution < -0.4 is 31.6 Å². The van der Waals surface area contributed by atoms with E-state index in [-0.39, 0.29) is 17.4 Å². The van der Waals surface area contributed by atoms with E-state index in [2.05, 4.69) is 20.7 Å². The van der Waals surface area contributed by atoms with Gasteiger partial charge in [0.1, 0.15) is 34.1 Å². The lowest BCUT2D eigenvalue weighted by Crippen LogP contribution is -2.27. The second-order valence-corrected chi connectivity index (χ2v) is 13.0. The number of amides is 3. The molecule has 15 nitrogen and oxygen atoms in total. The Hall–Kier alpha value is -5.70. The highest BCUT2D eigenvalue weighted by molar-refractivity contribution is 6.04. The Morgan fingerprint density at radius 3 is 2.21 bits per heavy atom. The fourth-order valence-corrected chi connectivity index (χ4v) is 6.84. The van der Waals surface area contributed by atoms with Gasteiger partial charge in [0, 0.05) is 30.8 Å². The number of allylic oxidation sites excluding steroid dienone is 2. The molecular weight excluding hydrogens is 664 g/mol. The average molecular weight is 711 g/mol. The van der Waals surface area contributed by atoms with Gasteiger partial charge in [-0.05, 0) is 95.8 Å². The third kappa shape index (κ3) is 7.64. The van der Waals surface area contributed by atoms with Crippen molar-refractivity contribution < 1.29 is 23.9 Å². The number of carbonyl (C=O) groups excluding carboxylic acids is 3. The van der Waals surface area contributed by atoms with Crippen molar-refractivity contribution in [1.82, 2.24) is 34.2 Å². The second-order valence-electron chi connectivity index (χ2n) is 13.0. The van der Waals surface area contributed by atoms with Crippen molar-refractivity contribution in [2.75, 3.05) is 32.1 Å². The van der Waals surface area contributed by atoms with Gasteiger partial charge >= 0.3 is 0 Å². The molecule has 3 amide bonds. The van der Waals surface area contributed by atoms with Crippen molar-refractivity contribution in [3.63, 3.8) is 0 Å². The molecule has 0 radical (unpaired) electrons. The molecule has 4 heterocycles. The highest BCUT2D eigenvalue weighted by Gasteiger charge is 2.22. The van der Waals surface area contributed by atoms with Gasteiger partial charge in [-0.2, -0.15) is 5.10 Å². The molecule has 0 saturated carbocycles. The van der Waals surface area contributed by atoms with Crippen LogP contribution in [-0.2, 0) is 19.6 Å². The molecule has 274 valence electrons. The number of primary amides is 2.